The number of hydrogen-bond acceptors (Lipinski definition) is 4. The lowest BCUT2D eigenvalue weighted by molar-refractivity contribution is 0.101. The maximum absolute atomic E-state index is 13.2. The van der Waals surface area contributed by atoms with E-state index in [9.17, 15) is 23.2 Å². The maximum Gasteiger partial charge on any atom is 0.351 e. The van der Waals surface area contributed by atoms with Crippen LogP contribution in [0, 0.1) is 11.6 Å². The first-order valence-corrected chi connectivity index (χ1v) is 7.40. The summed E-state index contributed by atoms with van der Waals surface area (Å²) < 4.78 is 27.8. The van der Waals surface area contributed by atoms with Gasteiger partial charge in [-0.1, -0.05) is 6.07 Å². The van der Waals surface area contributed by atoms with Crippen LogP contribution in [0.1, 0.15) is 10.5 Å². The van der Waals surface area contributed by atoms with E-state index in [-0.39, 0.29) is 11.4 Å². The van der Waals surface area contributed by atoms with Crippen LogP contribution in [-0.2, 0) is 7.05 Å². The minimum atomic E-state index is -0.915. The summed E-state index contributed by atoms with van der Waals surface area (Å²) in [6.45, 7) is 0. The predicted molar refractivity (Wildman–Crippen MR) is 89.4 cm³/mol. The van der Waals surface area contributed by atoms with Crippen molar-refractivity contribution >= 4 is 11.6 Å². The molecular weight excluding hydrogens is 346 g/mol. The Morgan fingerprint density at radius 1 is 1.04 bits per heavy atom. The second-order valence-electron chi connectivity index (χ2n) is 5.35. The fourth-order valence-electron chi connectivity index (χ4n) is 2.22. The van der Waals surface area contributed by atoms with Crippen molar-refractivity contribution in [3.05, 3.63) is 86.7 Å². The van der Waals surface area contributed by atoms with Crippen molar-refractivity contribution in [1.29, 1.82) is 0 Å². The highest BCUT2D eigenvalue weighted by Gasteiger charge is 2.19. The van der Waals surface area contributed by atoms with E-state index in [1.54, 1.807) is 0 Å². The van der Waals surface area contributed by atoms with Crippen molar-refractivity contribution in [2.75, 3.05) is 5.32 Å². The molecule has 9 heteroatoms. The molecule has 2 aromatic carbocycles. The molecule has 0 fully saturated rings. The van der Waals surface area contributed by atoms with E-state index in [4.69, 9.17) is 0 Å². The number of nitrogens with zero attached hydrogens (tertiary/aromatic N) is 3. The van der Waals surface area contributed by atoms with Crippen LogP contribution in [0.15, 0.2) is 58.1 Å². The third kappa shape index (κ3) is 3.27. The average Bonchev–Trinajstić information content (AvgIpc) is 2.61. The third-order valence-corrected chi connectivity index (χ3v) is 3.54. The van der Waals surface area contributed by atoms with E-state index in [1.807, 2.05) is 0 Å². The molecule has 0 aliphatic heterocycles. The lowest BCUT2D eigenvalue weighted by Crippen LogP contribution is -2.43. The van der Waals surface area contributed by atoms with Crippen LogP contribution in [0.4, 0.5) is 14.5 Å². The smallest absolute Gasteiger partial charge is 0.320 e. The Balaban J connectivity index is 2.07. The topological polar surface area (TPSA) is 86.0 Å². The Bertz CT molecular complexity index is 1100. The van der Waals surface area contributed by atoms with Gasteiger partial charge in [0.2, 0.25) is 5.69 Å². The first kappa shape index (κ1) is 17.2. The monoisotopic (exact) mass is 358 g/mol. The van der Waals surface area contributed by atoms with E-state index in [2.05, 4.69) is 10.4 Å². The van der Waals surface area contributed by atoms with Gasteiger partial charge in [-0.2, -0.15) is 9.78 Å². The number of aromatic nitrogens is 3. The van der Waals surface area contributed by atoms with Gasteiger partial charge < -0.3 is 5.32 Å². The molecule has 0 aliphatic rings. The normalized spacial score (nSPS) is 10.6. The maximum atomic E-state index is 13.2. The molecule has 132 valence electrons. The molecule has 3 aromatic rings. The molecule has 0 spiro atoms. The van der Waals surface area contributed by atoms with Gasteiger partial charge in [-0.15, -0.1) is 0 Å². The molecule has 1 amide bonds. The van der Waals surface area contributed by atoms with Crippen molar-refractivity contribution in [3.8, 4) is 5.69 Å². The Morgan fingerprint density at radius 2 is 1.73 bits per heavy atom. The molecule has 0 atom stereocenters. The molecule has 3 rings (SSSR count). The van der Waals surface area contributed by atoms with E-state index >= 15 is 0 Å². The van der Waals surface area contributed by atoms with Gasteiger partial charge in [-0.05, 0) is 42.5 Å². The zero-order valence-corrected chi connectivity index (χ0v) is 13.4. The molecule has 26 heavy (non-hydrogen) atoms. The highest BCUT2D eigenvalue weighted by Crippen LogP contribution is 2.10. The van der Waals surface area contributed by atoms with Crippen LogP contribution in [0.2, 0.25) is 0 Å². The summed E-state index contributed by atoms with van der Waals surface area (Å²) in [6, 6.07) is 9.87. The molecule has 1 N–H and O–H groups in total. The predicted octanol–water partition coefficient (Wildman–Crippen LogP) is 1.46. The fourth-order valence-corrected chi connectivity index (χ4v) is 2.22. The molecule has 1 aromatic heterocycles. The van der Waals surface area contributed by atoms with E-state index in [0.717, 1.165) is 22.9 Å². The van der Waals surface area contributed by atoms with Gasteiger partial charge in [-0.3, -0.25) is 14.2 Å². The molecule has 0 saturated heterocycles. The summed E-state index contributed by atoms with van der Waals surface area (Å²) in [5, 5.41) is 6.14. The van der Waals surface area contributed by atoms with Crippen molar-refractivity contribution < 1.29 is 13.6 Å². The number of benzene rings is 2. The number of anilines is 1. The Kier molecular flexibility index (Phi) is 4.44. The van der Waals surface area contributed by atoms with E-state index < -0.39 is 34.5 Å². The molecule has 0 unspecified atom stereocenters. The minimum absolute atomic E-state index is 0.124. The average molecular weight is 358 g/mol. The number of nitrogens with one attached hydrogen (secondary N) is 1. The second-order valence-corrected chi connectivity index (χ2v) is 5.35. The Morgan fingerprint density at radius 3 is 2.38 bits per heavy atom. The van der Waals surface area contributed by atoms with Crippen molar-refractivity contribution in [2.24, 2.45) is 7.05 Å². The van der Waals surface area contributed by atoms with Crippen LogP contribution in [-0.4, -0.2) is 20.3 Å². The molecule has 0 saturated carbocycles. The number of hydrogen-bond donors (Lipinski definition) is 1. The number of carbonyl (C=O) groups is 1. The second kappa shape index (κ2) is 6.71. The number of amides is 1. The van der Waals surface area contributed by atoms with E-state index in [0.29, 0.717) is 4.57 Å². The van der Waals surface area contributed by atoms with Gasteiger partial charge in [0.15, 0.2) is 0 Å². The van der Waals surface area contributed by atoms with Gasteiger partial charge in [0.25, 0.3) is 11.5 Å². The zero-order valence-electron chi connectivity index (χ0n) is 13.4. The zero-order chi connectivity index (χ0) is 18.8. The summed E-state index contributed by atoms with van der Waals surface area (Å²) in [6.07, 6.45) is 0. The van der Waals surface area contributed by atoms with Gasteiger partial charge >= 0.3 is 5.69 Å². The minimum Gasteiger partial charge on any atom is -0.320 e. The van der Waals surface area contributed by atoms with Gasteiger partial charge in [0.1, 0.15) is 11.6 Å². The first-order valence-electron chi connectivity index (χ1n) is 7.40. The van der Waals surface area contributed by atoms with Crippen molar-refractivity contribution in [2.45, 2.75) is 0 Å². The third-order valence-electron chi connectivity index (χ3n) is 3.54. The summed E-state index contributed by atoms with van der Waals surface area (Å²) in [5.41, 5.74) is -1.99. The molecule has 1 heterocycles. The van der Waals surface area contributed by atoms with Crippen LogP contribution < -0.4 is 16.6 Å². The van der Waals surface area contributed by atoms with Gasteiger partial charge in [-0.25, -0.2) is 13.6 Å². The number of halogens is 2. The first-order chi connectivity index (χ1) is 12.4. The molecule has 0 bridgehead atoms. The molecular formula is C17H12F2N4O3. The quantitative estimate of drug-likeness (QED) is 0.768. The highest BCUT2D eigenvalue weighted by atomic mass is 19.1. The molecule has 0 radical (unpaired) electrons. The SMILES string of the molecule is Cn1c(=O)c(C(=O)Nc2cccc(F)c2)nn(-c2ccc(F)cc2)c1=O. The fraction of sp³-hybridized carbons (Fsp3) is 0.0588. The van der Waals surface area contributed by atoms with E-state index in [1.165, 1.54) is 37.4 Å². The largest absolute Gasteiger partial charge is 0.351 e. The summed E-state index contributed by atoms with van der Waals surface area (Å²) in [5.74, 6) is -2.00. The summed E-state index contributed by atoms with van der Waals surface area (Å²) in [4.78, 5) is 36.8. The molecule has 0 aliphatic carbocycles. The standard InChI is InChI=1S/C17H12F2N4O3/c1-22-16(25)14(15(24)20-12-4-2-3-11(19)9-12)21-23(17(22)26)13-7-5-10(18)6-8-13/h2-9H,1H3,(H,20,24). The lowest BCUT2D eigenvalue weighted by atomic mass is 10.3. The molecule has 7 nitrogen and oxygen atoms in total. The van der Waals surface area contributed by atoms with Gasteiger partial charge in [0.05, 0.1) is 5.69 Å². The Hall–Kier alpha value is -3.62. The lowest BCUT2D eigenvalue weighted by Gasteiger charge is -2.10. The van der Waals surface area contributed by atoms with Crippen LogP contribution >= 0.6 is 0 Å². The van der Waals surface area contributed by atoms with Crippen molar-refractivity contribution in [3.63, 3.8) is 0 Å². The van der Waals surface area contributed by atoms with Crippen molar-refractivity contribution in [1.82, 2.24) is 14.3 Å². The number of carbonyl (C=O) groups excluding carboxylic acids is 1. The van der Waals surface area contributed by atoms with Crippen LogP contribution in [0.5, 0.6) is 0 Å². The summed E-state index contributed by atoms with van der Waals surface area (Å²) >= 11 is 0. The number of rotatable bonds is 3. The highest BCUT2D eigenvalue weighted by molar-refractivity contribution is 6.02. The van der Waals surface area contributed by atoms with Crippen LogP contribution in [0.25, 0.3) is 5.69 Å². The Labute approximate surface area is 145 Å². The summed E-state index contributed by atoms with van der Waals surface area (Å²) in [7, 11) is 1.19. The van der Waals surface area contributed by atoms with Gasteiger partial charge in [0, 0.05) is 12.7 Å². The van der Waals surface area contributed by atoms with Crippen LogP contribution in [0.3, 0.4) is 0 Å².